The quantitative estimate of drug-likeness (QED) is 0.639. The van der Waals surface area contributed by atoms with Gasteiger partial charge in [0.05, 0.1) is 12.8 Å². The van der Waals surface area contributed by atoms with Gasteiger partial charge >= 0.3 is 0 Å². The Balaban J connectivity index is 2.50. The maximum absolute atomic E-state index is 11.9. The maximum Gasteiger partial charge on any atom is 0.224 e. The lowest BCUT2D eigenvalue weighted by atomic mass is 9.96. The average molecular weight is 280 g/mol. The summed E-state index contributed by atoms with van der Waals surface area (Å²) >= 11 is 0. The van der Waals surface area contributed by atoms with E-state index in [1.165, 1.54) is 13.2 Å². The van der Waals surface area contributed by atoms with E-state index in [2.05, 4.69) is 12.2 Å². The summed E-state index contributed by atoms with van der Waals surface area (Å²) in [6.07, 6.45) is 3.22. The van der Waals surface area contributed by atoms with Crippen LogP contribution in [0.3, 0.4) is 0 Å². The number of benzene rings is 1. The molecule has 1 rings (SSSR count). The molecule has 0 saturated heterocycles. The molecule has 0 aliphatic carbocycles. The lowest BCUT2D eigenvalue weighted by Gasteiger charge is -2.13. The summed E-state index contributed by atoms with van der Waals surface area (Å²) in [7, 11) is 1.52. The van der Waals surface area contributed by atoms with Crippen LogP contribution in [0.15, 0.2) is 18.2 Å². The molecular weight excluding hydrogens is 256 g/mol. The molecule has 20 heavy (non-hydrogen) atoms. The highest BCUT2D eigenvalue weighted by Gasteiger charge is 2.11. The van der Waals surface area contributed by atoms with E-state index in [4.69, 9.17) is 10.5 Å². The van der Waals surface area contributed by atoms with Crippen LogP contribution in [0.4, 0.5) is 5.69 Å². The smallest absolute Gasteiger partial charge is 0.224 e. The molecule has 0 saturated carbocycles. The maximum atomic E-state index is 11.9. The number of carbonyl (C=O) groups is 1. The van der Waals surface area contributed by atoms with Crippen LogP contribution in [0, 0.1) is 5.92 Å². The van der Waals surface area contributed by atoms with Crippen molar-refractivity contribution in [3.05, 3.63) is 18.2 Å². The molecule has 4 N–H and O–H groups in total. The topological polar surface area (TPSA) is 84.6 Å². The summed E-state index contributed by atoms with van der Waals surface area (Å²) in [5.41, 5.74) is 5.94. The molecule has 0 spiro atoms. The van der Waals surface area contributed by atoms with Crippen LogP contribution in [0.25, 0.3) is 0 Å². The largest absolute Gasteiger partial charge is 0.506 e. The van der Waals surface area contributed by atoms with Crippen molar-refractivity contribution in [2.45, 2.75) is 32.6 Å². The second-order valence-corrected chi connectivity index (χ2v) is 4.82. The Hall–Kier alpha value is -1.75. The highest BCUT2D eigenvalue weighted by molar-refractivity contribution is 5.92. The first-order valence-electron chi connectivity index (χ1n) is 6.97. The second kappa shape index (κ2) is 8.43. The number of rotatable bonds is 8. The number of carbonyl (C=O) groups excluding carboxylic acids is 1. The molecule has 1 aromatic rings. The van der Waals surface area contributed by atoms with Gasteiger partial charge in [0.1, 0.15) is 11.5 Å². The van der Waals surface area contributed by atoms with E-state index in [9.17, 15) is 9.90 Å². The molecule has 0 aromatic heterocycles. The lowest BCUT2D eigenvalue weighted by Crippen LogP contribution is -2.15. The average Bonchev–Trinajstić information content (AvgIpc) is 2.45. The molecule has 0 fully saturated rings. The number of nitrogens with two attached hydrogens (primary N) is 1. The molecule has 1 atom stereocenters. The Morgan fingerprint density at radius 3 is 2.75 bits per heavy atom. The summed E-state index contributed by atoms with van der Waals surface area (Å²) in [4.78, 5) is 11.9. The molecule has 0 aliphatic rings. The van der Waals surface area contributed by atoms with Crippen LogP contribution < -0.4 is 15.8 Å². The molecule has 0 bridgehead atoms. The van der Waals surface area contributed by atoms with Gasteiger partial charge in [-0.25, -0.2) is 0 Å². The van der Waals surface area contributed by atoms with Gasteiger partial charge in [0.25, 0.3) is 0 Å². The molecule has 112 valence electrons. The fourth-order valence-corrected chi connectivity index (χ4v) is 2.08. The first-order chi connectivity index (χ1) is 9.60. The van der Waals surface area contributed by atoms with Gasteiger partial charge in [-0.2, -0.15) is 0 Å². The number of hydrogen-bond acceptors (Lipinski definition) is 4. The summed E-state index contributed by atoms with van der Waals surface area (Å²) in [5, 5.41) is 12.5. The molecule has 0 heterocycles. The summed E-state index contributed by atoms with van der Waals surface area (Å²) in [6.45, 7) is 2.76. The van der Waals surface area contributed by atoms with Gasteiger partial charge in [-0.3, -0.25) is 4.79 Å². The first-order valence-corrected chi connectivity index (χ1v) is 6.97. The minimum atomic E-state index is -0.0964. The number of methoxy groups -OCH3 is 1. The van der Waals surface area contributed by atoms with Crippen molar-refractivity contribution >= 4 is 11.6 Å². The molecule has 5 heteroatoms. The van der Waals surface area contributed by atoms with Crippen molar-refractivity contribution in [3.8, 4) is 11.5 Å². The van der Waals surface area contributed by atoms with E-state index in [-0.39, 0.29) is 11.7 Å². The molecule has 0 aliphatic heterocycles. The van der Waals surface area contributed by atoms with Gasteiger partial charge in [0.2, 0.25) is 5.91 Å². The number of hydrogen-bond donors (Lipinski definition) is 3. The third-order valence-corrected chi connectivity index (χ3v) is 3.41. The van der Waals surface area contributed by atoms with Gasteiger partial charge in [-0.15, -0.1) is 0 Å². The fraction of sp³-hybridized carbons (Fsp3) is 0.533. The monoisotopic (exact) mass is 280 g/mol. The van der Waals surface area contributed by atoms with Crippen LogP contribution in [0.2, 0.25) is 0 Å². The Morgan fingerprint density at radius 1 is 1.45 bits per heavy atom. The van der Waals surface area contributed by atoms with E-state index in [0.29, 0.717) is 30.3 Å². The Morgan fingerprint density at radius 2 is 2.20 bits per heavy atom. The van der Waals surface area contributed by atoms with Crippen molar-refractivity contribution in [3.63, 3.8) is 0 Å². The van der Waals surface area contributed by atoms with Gasteiger partial charge in [0, 0.05) is 12.5 Å². The highest BCUT2D eigenvalue weighted by atomic mass is 16.5. The van der Waals surface area contributed by atoms with Crippen molar-refractivity contribution in [1.29, 1.82) is 0 Å². The van der Waals surface area contributed by atoms with E-state index >= 15 is 0 Å². The van der Waals surface area contributed by atoms with Gasteiger partial charge in [-0.1, -0.05) is 13.3 Å². The number of nitrogens with one attached hydrogen (secondary N) is 1. The molecule has 1 unspecified atom stereocenters. The zero-order valence-corrected chi connectivity index (χ0v) is 12.2. The lowest BCUT2D eigenvalue weighted by molar-refractivity contribution is -0.116. The van der Waals surface area contributed by atoms with Crippen LogP contribution in [0.5, 0.6) is 11.5 Å². The van der Waals surface area contributed by atoms with E-state index < -0.39 is 0 Å². The third-order valence-electron chi connectivity index (χ3n) is 3.41. The molecule has 1 amide bonds. The number of phenols is 1. The first kappa shape index (κ1) is 16.3. The molecule has 1 aromatic carbocycles. The molecule has 5 nitrogen and oxygen atoms in total. The molecule has 0 radical (unpaired) electrons. The summed E-state index contributed by atoms with van der Waals surface area (Å²) < 4.78 is 4.99. The van der Waals surface area contributed by atoms with Crippen molar-refractivity contribution in [2.24, 2.45) is 11.7 Å². The minimum Gasteiger partial charge on any atom is -0.506 e. The summed E-state index contributed by atoms with van der Waals surface area (Å²) in [5.74, 6) is 0.942. The van der Waals surface area contributed by atoms with Gasteiger partial charge in [0.15, 0.2) is 0 Å². The van der Waals surface area contributed by atoms with Crippen LogP contribution in [-0.2, 0) is 4.79 Å². The Labute approximate surface area is 120 Å². The predicted molar refractivity (Wildman–Crippen MR) is 80.0 cm³/mol. The second-order valence-electron chi connectivity index (χ2n) is 4.82. The Kier molecular flexibility index (Phi) is 6.87. The number of anilines is 1. The standard InChI is InChI=1S/C15H24N2O3/c1-3-11(8-9-16)4-7-15(19)17-13-6-5-12(20-2)10-14(13)18/h5-6,10-11,18H,3-4,7-9,16H2,1-2H3,(H,17,19). The van der Waals surface area contributed by atoms with Gasteiger partial charge in [-0.05, 0) is 37.4 Å². The number of aromatic hydroxyl groups is 1. The minimum absolute atomic E-state index is 0.00620. The van der Waals surface area contributed by atoms with Crippen LogP contribution in [0.1, 0.15) is 32.6 Å². The fourth-order valence-electron chi connectivity index (χ4n) is 2.08. The summed E-state index contributed by atoms with van der Waals surface area (Å²) in [6, 6.07) is 4.79. The van der Waals surface area contributed by atoms with Crippen molar-refractivity contribution in [2.75, 3.05) is 19.0 Å². The predicted octanol–water partition coefficient (Wildman–Crippen LogP) is 2.49. The van der Waals surface area contributed by atoms with Crippen molar-refractivity contribution < 1.29 is 14.6 Å². The van der Waals surface area contributed by atoms with Crippen molar-refractivity contribution in [1.82, 2.24) is 0 Å². The van der Waals surface area contributed by atoms with Crippen LogP contribution in [-0.4, -0.2) is 24.7 Å². The zero-order chi connectivity index (χ0) is 15.0. The number of ether oxygens (including phenoxy) is 1. The van der Waals surface area contributed by atoms with Gasteiger partial charge < -0.3 is 20.9 Å². The van der Waals surface area contributed by atoms with E-state index in [1.54, 1.807) is 12.1 Å². The number of amides is 1. The number of phenolic OH excluding ortho intramolecular Hbond substituents is 1. The van der Waals surface area contributed by atoms with E-state index in [0.717, 1.165) is 19.3 Å². The van der Waals surface area contributed by atoms with Crippen LogP contribution >= 0.6 is 0 Å². The normalized spacial score (nSPS) is 11.9. The Bertz CT molecular complexity index is 435. The third kappa shape index (κ3) is 5.09. The van der Waals surface area contributed by atoms with E-state index in [1.807, 2.05) is 0 Å². The molecular formula is C15H24N2O3. The SMILES string of the molecule is CCC(CCN)CCC(=O)Nc1ccc(OC)cc1O. The highest BCUT2D eigenvalue weighted by Crippen LogP contribution is 2.28. The zero-order valence-electron chi connectivity index (χ0n) is 12.2.